The molecule has 1 aliphatic rings. The van der Waals surface area contributed by atoms with E-state index in [0.29, 0.717) is 0 Å². The van der Waals surface area contributed by atoms with Crippen molar-refractivity contribution < 1.29 is 4.70 Å². The number of hydrogen-bond acceptors (Lipinski definition) is 1. The lowest BCUT2D eigenvalue weighted by atomic mass is 9.86. The molecule has 0 radical (unpaired) electrons. The highest BCUT2D eigenvalue weighted by Gasteiger charge is 2.31. The van der Waals surface area contributed by atoms with Crippen molar-refractivity contribution in [2.24, 2.45) is 5.11 Å². The first-order chi connectivity index (χ1) is 17.8. The fraction of sp³-hybridized carbons (Fsp3) is 0.0588. The molecule has 0 aliphatic carbocycles. The summed E-state index contributed by atoms with van der Waals surface area (Å²) in [5.41, 5.74) is 8.48. The first kappa shape index (κ1) is 20.8. The Morgan fingerprint density at radius 3 is 1.53 bits per heavy atom. The summed E-state index contributed by atoms with van der Waals surface area (Å²) in [5, 5.41) is 9.98. The third-order valence-corrected chi connectivity index (χ3v) is 7.38. The van der Waals surface area contributed by atoms with Gasteiger partial charge < -0.3 is 0 Å². The van der Waals surface area contributed by atoms with Gasteiger partial charge in [0, 0.05) is 24.2 Å². The molecule has 2 heteroatoms. The van der Waals surface area contributed by atoms with Gasteiger partial charge >= 0.3 is 0 Å². The Morgan fingerprint density at radius 1 is 0.500 bits per heavy atom. The van der Waals surface area contributed by atoms with Crippen molar-refractivity contribution >= 4 is 32.9 Å². The van der Waals surface area contributed by atoms with Gasteiger partial charge in [0.2, 0.25) is 11.7 Å². The van der Waals surface area contributed by atoms with E-state index in [0.717, 1.165) is 11.4 Å². The Hall–Kier alpha value is -4.56. The molecule has 2 nitrogen and oxygen atoms in total. The minimum Gasteiger partial charge on any atom is -0.0770 e. The molecular formula is C34H25N2+. The predicted molar refractivity (Wildman–Crippen MR) is 149 cm³/mol. The van der Waals surface area contributed by atoms with Crippen molar-refractivity contribution in [1.82, 2.24) is 0 Å². The summed E-state index contributed by atoms with van der Waals surface area (Å²) in [5.74, 6) is 0. The van der Waals surface area contributed by atoms with Gasteiger partial charge in [0.15, 0.2) is 0 Å². The first-order valence-electron chi connectivity index (χ1n) is 12.5. The topological polar surface area (TPSA) is 15.4 Å². The van der Waals surface area contributed by atoms with Crippen LogP contribution in [0, 0.1) is 0 Å². The number of rotatable bonds is 3. The van der Waals surface area contributed by atoms with Crippen molar-refractivity contribution in [3.63, 3.8) is 0 Å². The van der Waals surface area contributed by atoms with Crippen LogP contribution in [0.4, 0.5) is 11.4 Å². The molecule has 1 atom stereocenters. The zero-order chi connectivity index (χ0) is 24.1. The molecule has 0 fully saturated rings. The molecule has 0 N–H and O–H groups in total. The normalized spacial score (nSPS) is 14.7. The van der Waals surface area contributed by atoms with Crippen LogP contribution in [0.15, 0.2) is 133 Å². The van der Waals surface area contributed by atoms with Gasteiger partial charge in [-0.1, -0.05) is 95.7 Å². The Balaban J connectivity index is 1.42. The van der Waals surface area contributed by atoms with E-state index in [-0.39, 0.29) is 6.04 Å². The molecule has 0 spiro atoms. The van der Waals surface area contributed by atoms with Crippen molar-refractivity contribution in [1.29, 1.82) is 0 Å². The van der Waals surface area contributed by atoms with Crippen LogP contribution in [-0.4, -0.2) is 4.70 Å². The van der Waals surface area contributed by atoms with Gasteiger partial charge in [-0.2, -0.15) is 0 Å². The minimum atomic E-state index is 0.221. The van der Waals surface area contributed by atoms with Gasteiger partial charge in [0.25, 0.3) is 0 Å². The molecular weight excluding hydrogens is 436 g/mol. The zero-order valence-electron chi connectivity index (χ0n) is 20.1. The number of nitrogens with zero attached hydrogens (tertiary/aromatic N) is 2. The van der Waals surface area contributed by atoms with Crippen molar-refractivity contribution in [2.45, 2.75) is 13.0 Å². The molecule has 1 aliphatic heterocycles. The van der Waals surface area contributed by atoms with Crippen molar-refractivity contribution in [3.8, 4) is 22.3 Å². The second kappa shape index (κ2) is 8.28. The molecule has 0 saturated heterocycles. The van der Waals surface area contributed by atoms with E-state index in [2.05, 4.69) is 139 Å². The quantitative estimate of drug-likeness (QED) is 0.184. The standard InChI is InChI=1S/C34H25N2/c1-23-27-13-9-10-18-32(27)35-36(23)26-21-19-25(20-22-26)34-30-16-7-5-14-28(30)33(24-11-3-2-4-12-24)29-15-6-8-17-31(29)34/h2-23H,1H3/q+1. The summed E-state index contributed by atoms with van der Waals surface area (Å²) >= 11 is 0. The van der Waals surface area contributed by atoms with E-state index < -0.39 is 0 Å². The molecule has 0 aromatic heterocycles. The van der Waals surface area contributed by atoms with Gasteiger partial charge in [-0.3, -0.25) is 0 Å². The van der Waals surface area contributed by atoms with E-state index >= 15 is 0 Å². The highest BCUT2D eigenvalue weighted by molar-refractivity contribution is 6.21. The Bertz CT molecular complexity index is 1720. The highest BCUT2D eigenvalue weighted by Crippen LogP contribution is 2.44. The Morgan fingerprint density at radius 2 is 0.972 bits per heavy atom. The lowest BCUT2D eigenvalue weighted by molar-refractivity contribution is -0.543. The molecule has 170 valence electrons. The second-order valence-electron chi connectivity index (χ2n) is 9.43. The fourth-order valence-corrected chi connectivity index (χ4v) is 5.68. The molecule has 0 amide bonds. The first-order valence-corrected chi connectivity index (χ1v) is 12.5. The molecule has 36 heavy (non-hydrogen) atoms. The maximum absolute atomic E-state index is 4.88. The molecule has 6 aromatic rings. The van der Waals surface area contributed by atoms with E-state index in [1.165, 1.54) is 49.4 Å². The lowest BCUT2D eigenvalue weighted by Crippen LogP contribution is -2.03. The molecule has 1 heterocycles. The van der Waals surface area contributed by atoms with Crippen LogP contribution in [0.2, 0.25) is 0 Å². The van der Waals surface area contributed by atoms with Crippen LogP contribution in [0.1, 0.15) is 18.5 Å². The fourth-order valence-electron chi connectivity index (χ4n) is 5.68. The van der Waals surface area contributed by atoms with Crippen LogP contribution in [0.3, 0.4) is 0 Å². The van der Waals surface area contributed by atoms with Gasteiger partial charge in [0.05, 0.1) is 5.56 Å². The maximum atomic E-state index is 4.88. The summed E-state index contributed by atoms with van der Waals surface area (Å²) in [4.78, 5) is 0. The average molecular weight is 462 g/mol. The summed E-state index contributed by atoms with van der Waals surface area (Å²) in [6.07, 6.45) is 0. The number of fused-ring (bicyclic) bond motifs is 3. The summed E-state index contributed by atoms with van der Waals surface area (Å²) < 4.78 is 2.13. The van der Waals surface area contributed by atoms with Gasteiger partial charge in [-0.05, 0) is 68.1 Å². The average Bonchev–Trinajstić information content (AvgIpc) is 3.28. The Kier molecular flexibility index (Phi) is 4.78. The van der Waals surface area contributed by atoms with E-state index in [9.17, 15) is 0 Å². The largest absolute Gasteiger partial charge is 0.232 e. The van der Waals surface area contributed by atoms with E-state index in [4.69, 9.17) is 5.11 Å². The van der Waals surface area contributed by atoms with E-state index in [1.807, 2.05) is 0 Å². The van der Waals surface area contributed by atoms with Crippen LogP contribution < -0.4 is 0 Å². The van der Waals surface area contributed by atoms with Crippen LogP contribution in [0.25, 0.3) is 43.8 Å². The molecule has 0 saturated carbocycles. The molecule has 7 rings (SSSR count). The van der Waals surface area contributed by atoms with Crippen LogP contribution >= 0.6 is 0 Å². The summed E-state index contributed by atoms with van der Waals surface area (Å²) in [6.45, 7) is 2.21. The second-order valence-corrected chi connectivity index (χ2v) is 9.43. The molecule has 1 unspecified atom stereocenters. The third-order valence-electron chi connectivity index (χ3n) is 7.38. The van der Waals surface area contributed by atoms with Crippen LogP contribution in [0.5, 0.6) is 0 Å². The smallest absolute Gasteiger partial charge is 0.0770 e. The van der Waals surface area contributed by atoms with Gasteiger partial charge in [-0.15, -0.1) is 0 Å². The molecule has 6 aromatic carbocycles. The predicted octanol–water partition coefficient (Wildman–Crippen LogP) is 9.83. The lowest BCUT2D eigenvalue weighted by Gasteiger charge is -2.17. The number of benzene rings is 6. The SMILES string of the molecule is CC1c2ccccc2N=[N+]1c1ccc(-c2c3ccccc3c(-c3ccccc3)c3ccccc23)cc1. The zero-order valence-corrected chi connectivity index (χ0v) is 20.1. The summed E-state index contributed by atoms with van der Waals surface area (Å²) in [7, 11) is 0. The van der Waals surface area contributed by atoms with Gasteiger partial charge in [-0.25, -0.2) is 0 Å². The summed E-state index contributed by atoms with van der Waals surface area (Å²) in [6, 6.07) is 45.9. The molecule has 0 bridgehead atoms. The highest BCUT2D eigenvalue weighted by atomic mass is 15.3. The van der Waals surface area contributed by atoms with Crippen molar-refractivity contribution in [3.05, 3.63) is 133 Å². The van der Waals surface area contributed by atoms with Crippen LogP contribution in [-0.2, 0) is 0 Å². The Labute approximate surface area is 210 Å². The third kappa shape index (κ3) is 3.19. The monoisotopic (exact) mass is 461 g/mol. The minimum absolute atomic E-state index is 0.221. The van der Waals surface area contributed by atoms with Gasteiger partial charge in [0.1, 0.15) is 5.69 Å². The van der Waals surface area contributed by atoms with E-state index in [1.54, 1.807) is 0 Å². The number of hydrogen-bond donors (Lipinski definition) is 0. The maximum Gasteiger partial charge on any atom is 0.232 e. The van der Waals surface area contributed by atoms with Crippen molar-refractivity contribution in [2.75, 3.05) is 0 Å². The number of azo groups is 2.